The Labute approximate surface area is 107 Å². The monoisotopic (exact) mass is 245 g/mol. The second kappa shape index (κ2) is 4.11. The number of thiophene rings is 1. The van der Waals surface area contributed by atoms with Crippen molar-refractivity contribution >= 4 is 21.4 Å². The van der Waals surface area contributed by atoms with E-state index in [0.29, 0.717) is 5.92 Å². The van der Waals surface area contributed by atoms with Crippen LogP contribution in [0, 0.1) is 5.92 Å². The topological polar surface area (TPSA) is 26.0 Å². The van der Waals surface area contributed by atoms with Gasteiger partial charge >= 0.3 is 0 Å². The Morgan fingerprint density at radius 3 is 3.00 bits per heavy atom. The minimum Gasteiger partial charge on any atom is -0.321 e. The van der Waals surface area contributed by atoms with Crippen molar-refractivity contribution in [2.24, 2.45) is 11.7 Å². The third kappa shape index (κ3) is 1.71. The van der Waals surface area contributed by atoms with Gasteiger partial charge in [-0.2, -0.15) is 0 Å². The van der Waals surface area contributed by atoms with Crippen molar-refractivity contribution in [3.05, 3.63) is 35.2 Å². The van der Waals surface area contributed by atoms with Crippen LogP contribution >= 0.6 is 11.3 Å². The maximum Gasteiger partial charge on any atom is 0.0449 e. The van der Waals surface area contributed by atoms with Crippen LogP contribution in [0.1, 0.15) is 38.2 Å². The predicted octanol–water partition coefficient (Wildman–Crippen LogP) is 4.27. The van der Waals surface area contributed by atoms with Crippen LogP contribution in [0.5, 0.6) is 0 Å². The van der Waals surface area contributed by atoms with E-state index in [1.807, 2.05) is 11.3 Å². The summed E-state index contributed by atoms with van der Waals surface area (Å²) in [6.45, 7) is 2.31. The van der Waals surface area contributed by atoms with Gasteiger partial charge in [0.2, 0.25) is 0 Å². The molecule has 2 heteroatoms. The molecule has 1 fully saturated rings. The molecule has 0 radical (unpaired) electrons. The van der Waals surface area contributed by atoms with E-state index in [4.69, 9.17) is 5.73 Å². The van der Waals surface area contributed by atoms with Crippen molar-refractivity contribution in [2.75, 3.05) is 0 Å². The highest BCUT2D eigenvalue weighted by atomic mass is 32.1. The molecule has 2 unspecified atom stereocenters. The molecule has 1 aliphatic carbocycles. The van der Waals surface area contributed by atoms with Gasteiger partial charge in [0.1, 0.15) is 0 Å². The summed E-state index contributed by atoms with van der Waals surface area (Å²) in [5.74, 6) is 0.587. The summed E-state index contributed by atoms with van der Waals surface area (Å²) in [7, 11) is 0. The molecule has 1 saturated carbocycles. The lowest BCUT2D eigenvalue weighted by Crippen LogP contribution is -2.45. The molecule has 1 heterocycles. The van der Waals surface area contributed by atoms with Crippen LogP contribution < -0.4 is 5.73 Å². The first-order valence-electron chi connectivity index (χ1n) is 6.47. The molecule has 90 valence electrons. The number of benzene rings is 1. The normalized spacial score (nSPS) is 29.6. The molecule has 2 aromatic rings. The largest absolute Gasteiger partial charge is 0.321 e. The lowest BCUT2D eigenvalue weighted by Gasteiger charge is -2.40. The average Bonchev–Trinajstić information content (AvgIpc) is 2.81. The van der Waals surface area contributed by atoms with Crippen LogP contribution in [0.3, 0.4) is 0 Å². The Balaban J connectivity index is 2.16. The SMILES string of the molecule is CC1CCCCC1(N)c1cccc2ccsc12. The van der Waals surface area contributed by atoms with E-state index in [1.54, 1.807) is 0 Å². The van der Waals surface area contributed by atoms with Crippen LogP contribution in [-0.4, -0.2) is 0 Å². The molecule has 0 spiro atoms. The number of hydrogen-bond donors (Lipinski definition) is 1. The molecule has 3 rings (SSSR count). The van der Waals surface area contributed by atoms with Crippen LogP contribution in [0.25, 0.3) is 10.1 Å². The van der Waals surface area contributed by atoms with Gasteiger partial charge in [0.05, 0.1) is 0 Å². The first-order chi connectivity index (χ1) is 8.22. The zero-order valence-corrected chi connectivity index (χ0v) is 11.1. The highest BCUT2D eigenvalue weighted by Gasteiger charge is 2.37. The molecular formula is C15H19NS. The van der Waals surface area contributed by atoms with Crippen molar-refractivity contribution in [3.8, 4) is 0 Å². The second-order valence-electron chi connectivity index (χ2n) is 5.33. The van der Waals surface area contributed by atoms with E-state index in [9.17, 15) is 0 Å². The average molecular weight is 245 g/mol. The fourth-order valence-corrected chi connectivity index (χ4v) is 4.14. The Morgan fingerprint density at radius 2 is 2.18 bits per heavy atom. The summed E-state index contributed by atoms with van der Waals surface area (Å²) in [6.07, 6.45) is 4.99. The Bertz CT molecular complexity index is 530. The Hall–Kier alpha value is -0.860. The molecule has 0 saturated heterocycles. The molecule has 2 N–H and O–H groups in total. The van der Waals surface area contributed by atoms with Crippen molar-refractivity contribution < 1.29 is 0 Å². The van der Waals surface area contributed by atoms with E-state index in [1.165, 1.54) is 34.9 Å². The Kier molecular flexibility index (Phi) is 2.72. The summed E-state index contributed by atoms with van der Waals surface area (Å²) in [5.41, 5.74) is 8.02. The zero-order valence-electron chi connectivity index (χ0n) is 10.3. The molecule has 17 heavy (non-hydrogen) atoms. The van der Waals surface area contributed by atoms with E-state index in [2.05, 4.69) is 36.6 Å². The minimum absolute atomic E-state index is 0.109. The van der Waals surface area contributed by atoms with E-state index >= 15 is 0 Å². The van der Waals surface area contributed by atoms with Crippen molar-refractivity contribution in [3.63, 3.8) is 0 Å². The van der Waals surface area contributed by atoms with Gasteiger partial charge in [-0.1, -0.05) is 38.0 Å². The van der Waals surface area contributed by atoms with Crippen molar-refractivity contribution in [1.29, 1.82) is 0 Å². The molecule has 0 bridgehead atoms. The maximum atomic E-state index is 6.76. The fraction of sp³-hybridized carbons (Fsp3) is 0.467. The molecule has 1 aromatic carbocycles. The third-order valence-electron chi connectivity index (χ3n) is 4.34. The van der Waals surface area contributed by atoms with Gasteiger partial charge in [0.25, 0.3) is 0 Å². The van der Waals surface area contributed by atoms with Gasteiger partial charge in [0, 0.05) is 10.2 Å². The van der Waals surface area contributed by atoms with Crippen LogP contribution in [-0.2, 0) is 5.54 Å². The number of hydrogen-bond acceptors (Lipinski definition) is 2. The van der Waals surface area contributed by atoms with E-state index in [-0.39, 0.29) is 5.54 Å². The molecule has 1 aromatic heterocycles. The van der Waals surface area contributed by atoms with Crippen LogP contribution in [0.4, 0.5) is 0 Å². The first kappa shape index (κ1) is 11.2. The lowest BCUT2D eigenvalue weighted by molar-refractivity contribution is 0.209. The second-order valence-corrected chi connectivity index (χ2v) is 6.25. The quantitative estimate of drug-likeness (QED) is 0.798. The molecule has 0 aliphatic heterocycles. The predicted molar refractivity (Wildman–Crippen MR) is 75.3 cm³/mol. The van der Waals surface area contributed by atoms with Gasteiger partial charge in [-0.15, -0.1) is 11.3 Å². The molecule has 2 atom stereocenters. The third-order valence-corrected chi connectivity index (χ3v) is 5.30. The zero-order chi connectivity index (χ0) is 11.9. The molecular weight excluding hydrogens is 226 g/mol. The standard InChI is InChI=1S/C15H19NS/c1-11-5-2-3-9-15(11,16)13-7-4-6-12-8-10-17-14(12)13/h4,6-8,10-11H,2-3,5,9,16H2,1H3. The summed E-state index contributed by atoms with van der Waals surface area (Å²) in [5, 5.41) is 3.51. The highest BCUT2D eigenvalue weighted by molar-refractivity contribution is 7.17. The summed E-state index contributed by atoms with van der Waals surface area (Å²) < 4.78 is 1.39. The lowest BCUT2D eigenvalue weighted by atomic mass is 9.70. The maximum absolute atomic E-state index is 6.76. The van der Waals surface area contributed by atoms with Gasteiger partial charge in [0.15, 0.2) is 0 Å². The molecule has 1 aliphatic rings. The number of nitrogens with two attached hydrogens (primary N) is 1. The highest BCUT2D eigenvalue weighted by Crippen LogP contribution is 2.43. The minimum atomic E-state index is -0.109. The van der Waals surface area contributed by atoms with Gasteiger partial charge in [-0.25, -0.2) is 0 Å². The van der Waals surface area contributed by atoms with Gasteiger partial charge in [-0.05, 0) is 41.2 Å². The summed E-state index contributed by atoms with van der Waals surface area (Å²) >= 11 is 1.83. The summed E-state index contributed by atoms with van der Waals surface area (Å²) in [4.78, 5) is 0. The van der Waals surface area contributed by atoms with Crippen molar-refractivity contribution in [2.45, 2.75) is 38.1 Å². The number of fused-ring (bicyclic) bond motifs is 1. The van der Waals surface area contributed by atoms with Crippen LogP contribution in [0.2, 0.25) is 0 Å². The van der Waals surface area contributed by atoms with E-state index < -0.39 is 0 Å². The summed E-state index contributed by atoms with van der Waals surface area (Å²) in [6, 6.07) is 8.77. The van der Waals surface area contributed by atoms with E-state index in [0.717, 1.165) is 6.42 Å². The Morgan fingerprint density at radius 1 is 1.29 bits per heavy atom. The van der Waals surface area contributed by atoms with Crippen LogP contribution in [0.15, 0.2) is 29.6 Å². The molecule has 1 nitrogen and oxygen atoms in total. The van der Waals surface area contributed by atoms with Gasteiger partial charge < -0.3 is 5.73 Å². The van der Waals surface area contributed by atoms with Gasteiger partial charge in [-0.3, -0.25) is 0 Å². The number of rotatable bonds is 1. The fourth-order valence-electron chi connectivity index (χ4n) is 3.13. The molecule has 0 amide bonds. The van der Waals surface area contributed by atoms with Crippen molar-refractivity contribution in [1.82, 2.24) is 0 Å². The first-order valence-corrected chi connectivity index (χ1v) is 7.35. The smallest absolute Gasteiger partial charge is 0.0449 e.